The molecule has 0 atom stereocenters. The Bertz CT molecular complexity index is 773. The molecule has 0 unspecified atom stereocenters. The maximum atomic E-state index is 12.5. The number of aromatic nitrogens is 3. The Morgan fingerprint density at radius 3 is 2.39 bits per heavy atom. The van der Waals surface area contributed by atoms with Crippen molar-refractivity contribution < 1.29 is 4.74 Å². The van der Waals surface area contributed by atoms with Crippen LogP contribution in [0.15, 0.2) is 40.1 Å². The molecule has 0 aliphatic rings. The number of hydrogen-bond acceptors (Lipinski definition) is 4. The number of rotatable bonds is 6. The van der Waals surface area contributed by atoms with Gasteiger partial charge in [0.05, 0.1) is 5.69 Å². The van der Waals surface area contributed by atoms with Crippen LogP contribution < -0.4 is 11.2 Å². The van der Waals surface area contributed by atoms with Crippen molar-refractivity contribution in [2.45, 2.75) is 39.3 Å². The molecule has 2 aromatic rings. The van der Waals surface area contributed by atoms with E-state index in [9.17, 15) is 9.59 Å². The third kappa shape index (κ3) is 4.74. The minimum absolute atomic E-state index is 0.0451. The van der Waals surface area contributed by atoms with Gasteiger partial charge in [-0.25, -0.2) is 9.36 Å². The van der Waals surface area contributed by atoms with E-state index < -0.39 is 19.3 Å². The van der Waals surface area contributed by atoms with Crippen LogP contribution in [-0.2, 0) is 11.5 Å². The average molecular weight is 333 g/mol. The summed E-state index contributed by atoms with van der Waals surface area (Å²) in [7, 11) is -1.20. The molecule has 0 radical (unpaired) electrons. The van der Waals surface area contributed by atoms with E-state index in [0.29, 0.717) is 12.3 Å². The molecule has 0 saturated carbocycles. The highest BCUT2D eigenvalue weighted by molar-refractivity contribution is 6.76. The molecular weight excluding hydrogens is 310 g/mol. The van der Waals surface area contributed by atoms with Crippen LogP contribution >= 0.6 is 0 Å². The van der Waals surface area contributed by atoms with Gasteiger partial charge in [0.15, 0.2) is 0 Å². The van der Waals surface area contributed by atoms with E-state index in [1.165, 1.54) is 4.68 Å². The van der Waals surface area contributed by atoms with Gasteiger partial charge in [-0.1, -0.05) is 37.3 Å². The molecule has 0 amide bonds. The van der Waals surface area contributed by atoms with Crippen LogP contribution in [0.25, 0.3) is 5.69 Å². The number of ether oxygens (including phenoxy) is 1. The van der Waals surface area contributed by atoms with Crippen molar-refractivity contribution in [2.75, 3.05) is 6.61 Å². The van der Waals surface area contributed by atoms with E-state index >= 15 is 0 Å². The second-order valence-electron chi connectivity index (χ2n) is 6.79. The molecule has 0 saturated heterocycles. The fourth-order valence-corrected chi connectivity index (χ4v) is 2.71. The van der Waals surface area contributed by atoms with Gasteiger partial charge in [0.1, 0.15) is 12.9 Å². The Morgan fingerprint density at radius 2 is 1.78 bits per heavy atom. The lowest BCUT2D eigenvalue weighted by molar-refractivity contribution is 0.0803. The highest BCUT2D eigenvalue weighted by Crippen LogP contribution is 2.07. The van der Waals surface area contributed by atoms with Gasteiger partial charge in [-0.3, -0.25) is 4.79 Å². The Morgan fingerprint density at radius 1 is 1.13 bits per heavy atom. The fourth-order valence-electron chi connectivity index (χ4n) is 1.95. The van der Waals surface area contributed by atoms with Crippen LogP contribution in [0.3, 0.4) is 0 Å². The molecule has 1 aromatic heterocycles. The first-order valence-corrected chi connectivity index (χ1v) is 11.3. The van der Waals surface area contributed by atoms with Crippen molar-refractivity contribution in [3.8, 4) is 5.69 Å². The van der Waals surface area contributed by atoms with Gasteiger partial charge in [-0.15, -0.1) is 0 Å². The van der Waals surface area contributed by atoms with E-state index in [1.807, 2.05) is 19.1 Å². The van der Waals surface area contributed by atoms with E-state index in [0.717, 1.165) is 22.4 Å². The van der Waals surface area contributed by atoms with Gasteiger partial charge in [-0.05, 0) is 25.1 Å². The lowest BCUT2D eigenvalue weighted by Gasteiger charge is -2.15. The number of benzene rings is 1. The maximum Gasteiger partial charge on any atom is 0.354 e. The molecule has 124 valence electrons. The van der Waals surface area contributed by atoms with Crippen LogP contribution in [0, 0.1) is 6.92 Å². The summed E-state index contributed by atoms with van der Waals surface area (Å²) in [5.41, 5.74) is 0.766. The second-order valence-corrected chi connectivity index (χ2v) is 12.4. The standard InChI is InChI=1S/C16H23N3O3Si/c1-13-5-7-14(8-6-13)19-16(21)18(15(20)11-17-19)12-22-9-10-23(2,3)4/h5-8,11H,9-10,12H2,1-4H3. The maximum absolute atomic E-state index is 12.5. The van der Waals surface area contributed by atoms with Gasteiger partial charge in [0.25, 0.3) is 5.56 Å². The van der Waals surface area contributed by atoms with Gasteiger partial charge >= 0.3 is 5.69 Å². The fraction of sp³-hybridized carbons (Fsp3) is 0.438. The largest absolute Gasteiger partial charge is 0.361 e. The van der Waals surface area contributed by atoms with Crippen molar-refractivity contribution in [1.82, 2.24) is 14.3 Å². The Balaban J connectivity index is 2.20. The molecule has 0 spiro atoms. The third-order valence-electron chi connectivity index (χ3n) is 3.46. The average Bonchev–Trinajstić information content (AvgIpc) is 2.46. The number of hydrogen-bond donors (Lipinski definition) is 0. The first kappa shape index (κ1) is 17.4. The normalized spacial score (nSPS) is 11.7. The monoisotopic (exact) mass is 333 g/mol. The molecule has 7 heteroatoms. The minimum Gasteiger partial charge on any atom is -0.361 e. The molecule has 0 fully saturated rings. The van der Waals surface area contributed by atoms with Gasteiger partial charge < -0.3 is 4.74 Å². The topological polar surface area (TPSA) is 66.1 Å². The molecular formula is C16H23N3O3Si. The molecule has 0 aliphatic heterocycles. The zero-order valence-corrected chi connectivity index (χ0v) is 15.1. The van der Waals surface area contributed by atoms with Crippen molar-refractivity contribution in [1.29, 1.82) is 0 Å². The van der Waals surface area contributed by atoms with Crippen LogP contribution in [0.2, 0.25) is 25.7 Å². The van der Waals surface area contributed by atoms with Crippen LogP contribution in [0.4, 0.5) is 0 Å². The van der Waals surface area contributed by atoms with E-state index in [1.54, 1.807) is 12.1 Å². The summed E-state index contributed by atoms with van der Waals surface area (Å²) in [5.74, 6) is 0. The zero-order chi connectivity index (χ0) is 17.0. The lowest BCUT2D eigenvalue weighted by atomic mass is 10.2. The van der Waals surface area contributed by atoms with Gasteiger partial charge in [0.2, 0.25) is 0 Å². The zero-order valence-electron chi connectivity index (χ0n) is 14.1. The number of nitrogens with zero attached hydrogens (tertiary/aromatic N) is 3. The van der Waals surface area contributed by atoms with Crippen molar-refractivity contribution in [3.63, 3.8) is 0 Å². The van der Waals surface area contributed by atoms with E-state index in [2.05, 4.69) is 24.7 Å². The van der Waals surface area contributed by atoms with Crippen LogP contribution in [0.1, 0.15) is 5.56 Å². The quantitative estimate of drug-likeness (QED) is 0.599. The molecule has 1 heterocycles. The first-order chi connectivity index (χ1) is 10.8. The van der Waals surface area contributed by atoms with Crippen LogP contribution in [0.5, 0.6) is 0 Å². The molecule has 1 aromatic carbocycles. The molecule has 2 rings (SSSR count). The Hall–Kier alpha value is -1.99. The molecule has 6 nitrogen and oxygen atoms in total. The SMILES string of the molecule is Cc1ccc(-n2ncc(=O)n(COCC[Si](C)(C)C)c2=O)cc1. The highest BCUT2D eigenvalue weighted by atomic mass is 28.3. The summed E-state index contributed by atoms with van der Waals surface area (Å²) in [6.45, 7) is 9.22. The predicted molar refractivity (Wildman–Crippen MR) is 92.9 cm³/mol. The summed E-state index contributed by atoms with van der Waals surface area (Å²) >= 11 is 0. The van der Waals surface area contributed by atoms with Crippen molar-refractivity contribution >= 4 is 8.07 Å². The smallest absolute Gasteiger partial charge is 0.354 e. The minimum atomic E-state index is -1.20. The molecule has 0 bridgehead atoms. The van der Waals surface area contributed by atoms with Gasteiger partial charge in [-0.2, -0.15) is 9.78 Å². The van der Waals surface area contributed by atoms with Crippen molar-refractivity contribution in [3.05, 3.63) is 56.9 Å². The molecule has 0 N–H and O–H groups in total. The van der Waals surface area contributed by atoms with Crippen molar-refractivity contribution in [2.24, 2.45) is 0 Å². The highest BCUT2D eigenvalue weighted by Gasteiger charge is 2.13. The molecule has 0 aliphatic carbocycles. The van der Waals surface area contributed by atoms with Crippen LogP contribution in [-0.4, -0.2) is 29.0 Å². The summed E-state index contributed by atoms with van der Waals surface area (Å²) < 4.78 is 7.80. The number of aryl methyl sites for hydroxylation is 1. The summed E-state index contributed by atoms with van der Waals surface area (Å²) in [4.78, 5) is 24.3. The first-order valence-electron chi connectivity index (χ1n) is 7.62. The Labute approximate surface area is 136 Å². The second kappa shape index (κ2) is 7.06. The predicted octanol–water partition coefficient (Wildman–Crippen LogP) is 2.01. The summed E-state index contributed by atoms with van der Waals surface area (Å²) in [6.07, 6.45) is 1.14. The van der Waals surface area contributed by atoms with E-state index in [4.69, 9.17) is 4.74 Å². The summed E-state index contributed by atoms with van der Waals surface area (Å²) in [6, 6.07) is 8.36. The lowest BCUT2D eigenvalue weighted by Crippen LogP contribution is -2.40. The summed E-state index contributed by atoms with van der Waals surface area (Å²) in [5, 5.41) is 3.93. The van der Waals surface area contributed by atoms with E-state index in [-0.39, 0.29) is 6.73 Å². The van der Waals surface area contributed by atoms with Gasteiger partial charge in [0, 0.05) is 14.7 Å². The molecule has 23 heavy (non-hydrogen) atoms. The third-order valence-corrected chi connectivity index (χ3v) is 5.16. The Kier molecular flexibility index (Phi) is 5.33.